The molecule has 0 aliphatic carbocycles. The minimum Gasteiger partial charge on any atom is -0.440 e. The third kappa shape index (κ3) is 3.20. The molecule has 1 aliphatic rings. The second kappa shape index (κ2) is 6.89. The van der Waals surface area contributed by atoms with Crippen molar-refractivity contribution in [2.24, 2.45) is 0 Å². The van der Waals surface area contributed by atoms with Gasteiger partial charge in [-0.25, -0.2) is 4.79 Å². The van der Waals surface area contributed by atoms with Gasteiger partial charge in [0.05, 0.1) is 5.56 Å². The zero-order chi connectivity index (χ0) is 18.9. The molecule has 0 bridgehead atoms. The van der Waals surface area contributed by atoms with E-state index in [1.54, 1.807) is 48.5 Å². The van der Waals surface area contributed by atoms with Gasteiger partial charge in [0, 0.05) is 22.7 Å². The number of halogens is 1. The van der Waals surface area contributed by atoms with Crippen molar-refractivity contribution in [3.63, 3.8) is 0 Å². The number of rotatable bonds is 4. The topological polar surface area (TPSA) is 55.4 Å². The lowest BCUT2D eigenvalue weighted by molar-refractivity contribution is -0.134. The van der Waals surface area contributed by atoms with Crippen molar-refractivity contribution < 1.29 is 14.3 Å². The molecule has 1 aliphatic heterocycles. The number of anilines is 1. The summed E-state index contributed by atoms with van der Waals surface area (Å²) in [7, 11) is 0. The molecule has 0 radical (unpaired) electrons. The summed E-state index contributed by atoms with van der Waals surface area (Å²) in [5.41, 5.74) is 1.10. The fraction of sp³-hybridized carbons (Fsp3) is 0.0909. The van der Waals surface area contributed by atoms with Crippen LogP contribution >= 0.6 is 11.6 Å². The van der Waals surface area contributed by atoms with Gasteiger partial charge in [-0.3, -0.25) is 4.79 Å². The lowest BCUT2D eigenvalue weighted by Crippen LogP contribution is -2.41. The van der Waals surface area contributed by atoms with Crippen LogP contribution in [0.15, 0.2) is 78.9 Å². The number of para-hydroxylation sites is 1. The van der Waals surface area contributed by atoms with Crippen LogP contribution in [0.3, 0.4) is 0 Å². The Balaban J connectivity index is 1.77. The van der Waals surface area contributed by atoms with Gasteiger partial charge in [0.25, 0.3) is 5.91 Å². The first-order valence-corrected chi connectivity index (χ1v) is 8.90. The van der Waals surface area contributed by atoms with Crippen molar-refractivity contribution in [3.8, 4) is 0 Å². The molecule has 0 saturated heterocycles. The van der Waals surface area contributed by atoms with E-state index in [4.69, 9.17) is 16.3 Å². The summed E-state index contributed by atoms with van der Waals surface area (Å²) in [6.07, 6.45) is 0.214. The van der Waals surface area contributed by atoms with Crippen LogP contribution in [0.5, 0.6) is 0 Å². The predicted octanol–water partition coefficient (Wildman–Crippen LogP) is 4.59. The van der Waals surface area contributed by atoms with E-state index in [1.165, 1.54) is 0 Å². The first-order chi connectivity index (χ1) is 13.1. The van der Waals surface area contributed by atoms with Crippen LogP contribution in [0.4, 0.5) is 5.69 Å². The largest absolute Gasteiger partial charge is 0.440 e. The summed E-state index contributed by atoms with van der Waals surface area (Å²) in [6, 6.07) is 23.1. The average Bonchev–Trinajstić information content (AvgIpc) is 2.96. The quantitative estimate of drug-likeness (QED) is 0.677. The smallest absolute Gasteiger partial charge is 0.339 e. The van der Waals surface area contributed by atoms with E-state index in [2.05, 4.69) is 5.32 Å². The van der Waals surface area contributed by atoms with Crippen LogP contribution in [0.2, 0.25) is 5.02 Å². The van der Waals surface area contributed by atoms with E-state index in [0.717, 1.165) is 5.56 Å². The number of hydrogen-bond donors (Lipinski definition) is 1. The Morgan fingerprint density at radius 1 is 0.926 bits per heavy atom. The number of ether oxygens (including phenoxy) is 1. The van der Waals surface area contributed by atoms with Gasteiger partial charge in [0.15, 0.2) is 0 Å². The molecule has 5 heteroatoms. The fourth-order valence-corrected chi connectivity index (χ4v) is 3.41. The van der Waals surface area contributed by atoms with Gasteiger partial charge < -0.3 is 10.1 Å². The van der Waals surface area contributed by atoms with Gasteiger partial charge in [0.2, 0.25) is 5.60 Å². The first kappa shape index (κ1) is 17.3. The summed E-state index contributed by atoms with van der Waals surface area (Å²) in [4.78, 5) is 25.8. The zero-order valence-corrected chi connectivity index (χ0v) is 15.1. The van der Waals surface area contributed by atoms with E-state index in [0.29, 0.717) is 21.8 Å². The molecule has 3 aromatic carbocycles. The molecule has 0 unspecified atom stereocenters. The van der Waals surface area contributed by atoms with E-state index in [1.807, 2.05) is 30.3 Å². The van der Waals surface area contributed by atoms with Crippen LogP contribution in [-0.2, 0) is 21.6 Å². The van der Waals surface area contributed by atoms with Crippen LogP contribution in [0, 0.1) is 0 Å². The van der Waals surface area contributed by atoms with E-state index >= 15 is 0 Å². The number of fused-ring (bicyclic) bond motifs is 1. The Kier molecular flexibility index (Phi) is 4.42. The SMILES string of the molecule is O=C(O[C@]1(Cc2ccc(Cl)cc2)C(=O)Nc2ccccc21)c1ccccc1. The summed E-state index contributed by atoms with van der Waals surface area (Å²) in [5, 5.41) is 3.44. The van der Waals surface area contributed by atoms with Crippen molar-refractivity contribution >= 4 is 29.2 Å². The molecule has 3 aromatic rings. The highest BCUT2D eigenvalue weighted by molar-refractivity contribution is 6.30. The molecule has 1 atom stereocenters. The third-order valence-electron chi connectivity index (χ3n) is 4.62. The van der Waals surface area contributed by atoms with Crippen LogP contribution in [0.25, 0.3) is 0 Å². The van der Waals surface area contributed by atoms with Gasteiger partial charge in [0.1, 0.15) is 0 Å². The lowest BCUT2D eigenvalue weighted by atomic mass is 9.88. The average molecular weight is 378 g/mol. The first-order valence-electron chi connectivity index (χ1n) is 8.52. The van der Waals surface area contributed by atoms with Gasteiger partial charge in [-0.2, -0.15) is 0 Å². The molecule has 0 spiro atoms. The molecular weight excluding hydrogens is 362 g/mol. The molecule has 0 aromatic heterocycles. The normalized spacial score (nSPS) is 17.9. The maximum atomic E-state index is 13.0. The molecule has 1 amide bonds. The number of amides is 1. The number of hydrogen-bond acceptors (Lipinski definition) is 3. The Bertz CT molecular complexity index is 1000. The van der Waals surface area contributed by atoms with Crippen LogP contribution < -0.4 is 5.32 Å². The number of benzene rings is 3. The van der Waals surface area contributed by atoms with Gasteiger partial charge in [-0.1, -0.05) is 60.1 Å². The molecule has 134 valence electrons. The monoisotopic (exact) mass is 377 g/mol. The molecule has 1 N–H and O–H groups in total. The van der Waals surface area contributed by atoms with Crippen molar-refractivity contribution in [2.45, 2.75) is 12.0 Å². The summed E-state index contributed by atoms with van der Waals surface area (Å²) in [5.74, 6) is -0.903. The highest BCUT2D eigenvalue weighted by Crippen LogP contribution is 2.42. The maximum absolute atomic E-state index is 13.0. The number of carbonyl (C=O) groups excluding carboxylic acids is 2. The van der Waals surface area contributed by atoms with Crippen LogP contribution in [-0.4, -0.2) is 11.9 Å². The Labute approximate surface area is 161 Å². The standard InChI is InChI=1S/C22H16ClNO3/c23-17-12-10-15(11-13-17)14-22(27-20(25)16-6-2-1-3-7-16)18-8-4-5-9-19(18)24-21(22)26/h1-13H,14H2,(H,24,26)/t22-/m0/s1. The zero-order valence-electron chi connectivity index (χ0n) is 14.3. The molecule has 27 heavy (non-hydrogen) atoms. The predicted molar refractivity (Wildman–Crippen MR) is 104 cm³/mol. The van der Waals surface area contributed by atoms with Gasteiger partial charge >= 0.3 is 5.97 Å². The number of nitrogens with one attached hydrogen (secondary N) is 1. The number of esters is 1. The number of carbonyl (C=O) groups is 2. The van der Waals surface area contributed by atoms with Crippen molar-refractivity contribution in [1.82, 2.24) is 0 Å². The highest BCUT2D eigenvalue weighted by Gasteiger charge is 2.50. The van der Waals surface area contributed by atoms with E-state index in [9.17, 15) is 9.59 Å². The maximum Gasteiger partial charge on any atom is 0.339 e. The highest BCUT2D eigenvalue weighted by atomic mass is 35.5. The molecule has 4 rings (SSSR count). The minimum absolute atomic E-state index is 0.214. The molecule has 0 saturated carbocycles. The van der Waals surface area contributed by atoms with E-state index < -0.39 is 11.6 Å². The lowest BCUT2D eigenvalue weighted by Gasteiger charge is -2.28. The van der Waals surface area contributed by atoms with Gasteiger partial charge in [-0.15, -0.1) is 0 Å². The van der Waals surface area contributed by atoms with Crippen LogP contribution in [0.1, 0.15) is 21.5 Å². The summed E-state index contributed by atoms with van der Waals surface area (Å²) >= 11 is 5.97. The second-order valence-corrected chi connectivity index (χ2v) is 6.82. The molecule has 0 fully saturated rings. The molecule has 4 nitrogen and oxygen atoms in total. The Morgan fingerprint density at radius 2 is 1.59 bits per heavy atom. The van der Waals surface area contributed by atoms with Crippen molar-refractivity contribution in [3.05, 3.63) is 101 Å². The second-order valence-electron chi connectivity index (χ2n) is 6.39. The van der Waals surface area contributed by atoms with Crippen molar-refractivity contribution in [2.75, 3.05) is 5.32 Å². The minimum atomic E-state index is -1.43. The third-order valence-corrected chi connectivity index (χ3v) is 4.87. The Hall–Kier alpha value is -3.11. The molecular formula is C22H16ClNO3. The molecule has 1 heterocycles. The summed E-state index contributed by atoms with van der Waals surface area (Å²) in [6.45, 7) is 0. The Morgan fingerprint density at radius 3 is 2.33 bits per heavy atom. The van der Waals surface area contributed by atoms with E-state index in [-0.39, 0.29) is 12.3 Å². The summed E-state index contributed by atoms with van der Waals surface area (Å²) < 4.78 is 5.87. The van der Waals surface area contributed by atoms with Gasteiger partial charge in [-0.05, 0) is 35.9 Å². The van der Waals surface area contributed by atoms with Crippen molar-refractivity contribution in [1.29, 1.82) is 0 Å². The fourth-order valence-electron chi connectivity index (χ4n) is 3.28.